The van der Waals surface area contributed by atoms with Crippen LogP contribution in [-0.4, -0.2) is 19.5 Å². The first-order valence-corrected chi connectivity index (χ1v) is 6.47. The van der Waals surface area contributed by atoms with Crippen molar-refractivity contribution in [3.05, 3.63) is 45.3 Å². The molecule has 0 aromatic carbocycles. The van der Waals surface area contributed by atoms with Crippen molar-refractivity contribution in [1.29, 1.82) is 0 Å². The van der Waals surface area contributed by atoms with Crippen molar-refractivity contribution >= 4 is 21.6 Å². The number of fused-ring (bicyclic) bond motifs is 1. The Morgan fingerprint density at radius 1 is 1.39 bits per heavy atom. The van der Waals surface area contributed by atoms with Gasteiger partial charge in [0.1, 0.15) is 10.5 Å². The number of thiophene rings is 1. The first-order chi connectivity index (χ1) is 8.65. The van der Waals surface area contributed by atoms with Gasteiger partial charge in [-0.15, -0.1) is 11.3 Å². The van der Waals surface area contributed by atoms with Gasteiger partial charge in [-0.1, -0.05) is 0 Å². The highest BCUT2D eigenvalue weighted by Gasteiger charge is 2.09. The van der Waals surface area contributed by atoms with Crippen LogP contribution in [0.1, 0.15) is 17.1 Å². The number of nitrogens with one attached hydrogen (secondary N) is 1. The lowest BCUT2D eigenvalue weighted by molar-refractivity contribution is 0.715. The Morgan fingerprint density at radius 2 is 2.22 bits per heavy atom. The van der Waals surface area contributed by atoms with Crippen LogP contribution in [0.3, 0.4) is 0 Å². The van der Waals surface area contributed by atoms with E-state index >= 15 is 0 Å². The quantitative estimate of drug-likeness (QED) is 0.764. The maximum absolute atomic E-state index is 12.2. The van der Waals surface area contributed by atoms with Gasteiger partial charge in [0.05, 0.1) is 18.4 Å². The molecule has 3 aromatic rings. The number of aromatic nitrogens is 4. The number of imidazole rings is 1. The highest BCUT2D eigenvalue weighted by atomic mass is 32.1. The monoisotopic (exact) mass is 260 g/mol. The molecule has 0 bridgehead atoms. The first kappa shape index (κ1) is 11.2. The van der Waals surface area contributed by atoms with Crippen molar-refractivity contribution in [2.75, 3.05) is 0 Å². The predicted octanol–water partition coefficient (Wildman–Crippen LogP) is 1.85. The Morgan fingerprint density at radius 3 is 2.94 bits per heavy atom. The number of hydrogen-bond acceptors (Lipinski definition) is 4. The lowest BCUT2D eigenvalue weighted by Crippen LogP contribution is -2.20. The molecule has 0 aliphatic heterocycles. The molecule has 3 rings (SSSR count). The van der Waals surface area contributed by atoms with E-state index in [1.54, 1.807) is 17.1 Å². The van der Waals surface area contributed by atoms with E-state index in [1.165, 1.54) is 11.3 Å². The Balaban J connectivity index is 2.07. The molecule has 0 aliphatic carbocycles. The minimum absolute atomic E-state index is 0.00727. The van der Waals surface area contributed by atoms with E-state index in [2.05, 4.69) is 15.0 Å². The fraction of sp³-hybridized carbons (Fsp3) is 0.250. The van der Waals surface area contributed by atoms with Crippen LogP contribution in [0, 0.1) is 13.8 Å². The number of rotatable bonds is 2. The number of H-pyrrole nitrogens is 1. The molecule has 0 saturated heterocycles. The summed E-state index contributed by atoms with van der Waals surface area (Å²) in [4.78, 5) is 23.9. The van der Waals surface area contributed by atoms with E-state index in [4.69, 9.17) is 0 Å². The molecular formula is C12H12N4OS. The van der Waals surface area contributed by atoms with Crippen LogP contribution < -0.4 is 5.56 Å². The van der Waals surface area contributed by atoms with Gasteiger partial charge < -0.3 is 4.98 Å². The topological polar surface area (TPSA) is 63.6 Å². The largest absolute Gasteiger partial charge is 0.345 e. The summed E-state index contributed by atoms with van der Waals surface area (Å²) in [6, 6.07) is 0. The average Bonchev–Trinajstić information content (AvgIpc) is 2.91. The standard InChI is InChI=1S/C12H12N4OS/c1-7-5-18-11-10(7)14-6-16(12(11)17)4-9-13-3-8(2)15-9/h3,5-6H,4H2,1-2H3,(H,13,15). The van der Waals surface area contributed by atoms with E-state index in [1.807, 2.05) is 19.2 Å². The summed E-state index contributed by atoms with van der Waals surface area (Å²) in [6.45, 7) is 4.32. The van der Waals surface area contributed by atoms with Crippen molar-refractivity contribution in [2.24, 2.45) is 0 Å². The van der Waals surface area contributed by atoms with Crippen LogP contribution in [0.2, 0.25) is 0 Å². The zero-order valence-corrected chi connectivity index (χ0v) is 10.9. The van der Waals surface area contributed by atoms with Crippen LogP contribution in [0.4, 0.5) is 0 Å². The molecule has 0 atom stereocenters. The van der Waals surface area contributed by atoms with Gasteiger partial charge in [0.15, 0.2) is 0 Å². The van der Waals surface area contributed by atoms with Gasteiger partial charge in [-0.2, -0.15) is 0 Å². The Kier molecular flexibility index (Phi) is 2.52. The lowest BCUT2D eigenvalue weighted by atomic mass is 10.3. The van der Waals surface area contributed by atoms with E-state index in [9.17, 15) is 4.79 Å². The number of hydrogen-bond donors (Lipinski definition) is 1. The smallest absolute Gasteiger partial charge is 0.271 e. The van der Waals surface area contributed by atoms with Crippen LogP contribution >= 0.6 is 11.3 Å². The molecule has 3 aromatic heterocycles. The normalized spacial score (nSPS) is 11.2. The van der Waals surface area contributed by atoms with E-state index in [0.717, 1.165) is 22.6 Å². The zero-order valence-electron chi connectivity index (χ0n) is 10.1. The Labute approximate surface area is 107 Å². The Bertz CT molecular complexity index is 768. The molecule has 0 saturated carbocycles. The zero-order chi connectivity index (χ0) is 12.7. The summed E-state index contributed by atoms with van der Waals surface area (Å²) in [5, 5.41) is 1.96. The summed E-state index contributed by atoms with van der Waals surface area (Å²) < 4.78 is 2.29. The molecule has 1 N–H and O–H groups in total. The highest BCUT2D eigenvalue weighted by Crippen LogP contribution is 2.19. The third kappa shape index (κ3) is 1.74. The second kappa shape index (κ2) is 4.06. The second-order valence-corrected chi connectivity index (χ2v) is 5.17. The lowest BCUT2D eigenvalue weighted by Gasteiger charge is -2.02. The van der Waals surface area contributed by atoms with Gasteiger partial charge in [-0.25, -0.2) is 9.97 Å². The van der Waals surface area contributed by atoms with Crippen molar-refractivity contribution in [3.8, 4) is 0 Å². The van der Waals surface area contributed by atoms with Crippen molar-refractivity contribution in [2.45, 2.75) is 20.4 Å². The van der Waals surface area contributed by atoms with Gasteiger partial charge >= 0.3 is 0 Å². The molecule has 5 nitrogen and oxygen atoms in total. The minimum Gasteiger partial charge on any atom is -0.345 e. The molecule has 92 valence electrons. The molecule has 0 unspecified atom stereocenters. The van der Waals surface area contributed by atoms with Gasteiger partial charge in [0, 0.05) is 11.9 Å². The van der Waals surface area contributed by atoms with E-state index in [-0.39, 0.29) is 5.56 Å². The summed E-state index contributed by atoms with van der Waals surface area (Å²) in [5.41, 5.74) is 2.83. The molecular weight excluding hydrogens is 248 g/mol. The second-order valence-electron chi connectivity index (χ2n) is 4.29. The van der Waals surface area contributed by atoms with Gasteiger partial charge in [0.2, 0.25) is 0 Å². The maximum atomic E-state index is 12.2. The molecule has 6 heteroatoms. The minimum atomic E-state index is -0.00727. The van der Waals surface area contributed by atoms with Gasteiger partial charge in [-0.3, -0.25) is 9.36 Å². The van der Waals surface area contributed by atoms with Crippen molar-refractivity contribution in [1.82, 2.24) is 19.5 Å². The third-order valence-electron chi connectivity index (χ3n) is 2.80. The molecule has 18 heavy (non-hydrogen) atoms. The molecule has 0 spiro atoms. The Hall–Kier alpha value is -1.95. The van der Waals surface area contributed by atoms with Gasteiger partial charge in [-0.05, 0) is 24.8 Å². The SMILES string of the molecule is Cc1cnc(Cn2cnc3c(C)csc3c2=O)[nH]1. The maximum Gasteiger partial charge on any atom is 0.271 e. The third-order valence-corrected chi connectivity index (χ3v) is 3.87. The van der Waals surface area contributed by atoms with E-state index < -0.39 is 0 Å². The van der Waals surface area contributed by atoms with Crippen molar-refractivity contribution in [3.63, 3.8) is 0 Å². The van der Waals surface area contributed by atoms with E-state index in [0.29, 0.717) is 11.2 Å². The van der Waals surface area contributed by atoms with Crippen LogP contribution in [0.5, 0.6) is 0 Å². The predicted molar refractivity (Wildman–Crippen MR) is 71.0 cm³/mol. The number of nitrogens with zero attached hydrogens (tertiary/aromatic N) is 3. The summed E-state index contributed by atoms with van der Waals surface area (Å²) in [6.07, 6.45) is 3.34. The summed E-state index contributed by atoms with van der Waals surface area (Å²) in [5.74, 6) is 0.768. The molecule has 0 aliphatic rings. The fourth-order valence-electron chi connectivity index (χ4n) is 1.88. The van der Waals surface area contributed by atoms with Crippen LogP contribution in [0.25, 0.3) is 10.2 Å². The van der Waals surface area contributed by atoms with Gasteiger partial charge in [0.25, 0.3) is 5.56 Å². The molecule has 0 fully saturated rings. The van der Waals surface area contributed by atoms with Crippen LogP contribution in [-0.2, 0) is 6.54 Å². The molecule has 0 amide bonds. The summed E-state index contributed by atoms with van der Waals surface area (Å²) >= 11 is 1.44. The summed E-state index contributed by atoms with van der Waals surface area (Å²) in [7, 11) is 0. The average molecular weight is 260 g/mol. The molecule has 0 radical (unpaired) electrons. The first-order valence-electron chi connectivity index (χ1n) is 5.59. The van der Waals surface area contributed by atoms with Crippen LogP contribution in [0.15, 0.2) is 22.7 Å². The molecule has 3 heterocycles. The number of aromatic amines is 1. The highest BCUT2D eigenvalue weighted by molar-refractivity contribution is 7.17. The number of aryl methyl sites for hydroxylation is 2. The fourth-order valence-corrected chi connectivity index (χ4v) is 2.83. The van der Waals surface area contributed by atoms with Crippen molar-refractivity contribution < 1.29 is 0 Å².